The Kier molecular flexibility index (Phi) is 3.42. The Bertz CT molecular complexity index is 457. The second-order valence-electron chi connectivity index (χ2n) is 7.71. The summed E-state index contributed by atoms with van der Waals surface area (Å²) in [6.07, 6.45) is 5.16. The van der Waals surface area contributed by atoms with E-state index in [9.17, 15) is 5.11 Å². The van der Waals surface area contributed by atoms with Gasteiger partial charge in [-0.2, -0.15) is 0 Å². The van der Waals surface area contributed by atoms with Crippen LogP contribution in [-0.4, -0.2) is 22.9 Å². The molecule has 2 fully saturated rings. The van der Waals surface area contributed by atoms with Gasteiger partial charge in [0.05, 0.1) is 17.8 Å². The fraction of sp³-hybridized carbons (Fsp3) is 0.667. The molecule has 2 unspecified atom stereocenters. The number of ether oxygens (including phenoxy) is 1. The minimum atomic E-state index is -0.562. The van der Waals surface area contributed by atoms with E-state index >= 15 is 0 Å². The second kappa shape index (κ2) is 4.85. The summed E-state index contributed by atoms with van der Waals surface area (Å²) >= 11 is 0. The number of aliphatic hydroxyl groups is 1. The molecule has 3 rings (SSSR count). The Labute approximate surface area is 122 Å². The van der Waals surface area contributed by atoms with Gasteiger partial charge in [-0.25, -0.2) is 0 Å². The van der Waals surface area contributed by atoms with Crippen LogP contribution in [0.1, 0.15) is 57.6 Å². The zero-order valence-corrected chi connectivity index (χ0v) is 12.9. The van der Waals surface area contributed by atoms with E-state index in [1.54, 1.807) is 0 Å². The number of benzene rings is 1. The van der Waals surface area contributed by atoms with Crippen molar-refractivity contribution >= 4 is 0 Å². The van der Waals surface area contributed by atoms with Crippen LogP contribution in [0.15, 0.2) is 24.3 Å². The van der Waals surface area contributed by atoms with Gasteiger partial charge in [0.1, 0.15) is 0 Å². The van der Waals surface area contributed by atoms with E-state index in [-0.39, 0.29) is 17.6 Å². The molecule has 2 heterocycles. The van der Waals surface area contributed by atoms with Gasteiger partial charge in [-0.1, -0.05) is 45.0 Å². The minimum Gasteiger partial charge on any atom is -0.389 e. The average molecular weight is 274 g/mol. The van der Waals surface area contributed by atoms with Gasteiger partial charge < -0.3 is 9.84 Å². The molecular weight excluding hydrogens is 248 g/mol. The van der Waals surface area contributed by atoms with Crippen molar-refractivity contribution in [2.75, 3.05) is 0 Å². The molecule has 0 saturated carbocycles. The normalized spacial score (nSPS) is 33.4. The van der Waals surface area contributed by atoms with Crippen molar-refractivity contribution in [1.82, 2.24) is 0 Å². The molecule has 0 spiro atoms. The van der Waals surface area contributed by atoms with Crippen molar-refractivity contribution < 1.29 is 9.84 Å². The van der Waals surface area contributed by atoms with E-state index < -0.39 is 5.60 Å². The maximum atomic E-state index is 10.9. The molecule has 110 valence electrons. The van der Waals surface area contributed by atoms with E-state index in [1.165, 1.54) is 11.1 Å². The summed E-state index contributed by atoms with van der Waals surface area (Å²) in [4.78, 5) is 0. The van der Waals surface area contributed by atoms with Gasteiger partial charge in [-0.15, -0.1) is 0 Å². The zero-order chi connectivity index (χ0) is 14.4. The molecule has 0 aromatic heterocycles. The van der Waals surface area contributed by atoms with Gasteiger partial charge in [0, 0.05) is 19.3 Å². The number of hydrogen-bond donors (Lipinski definition) is 1. The van der Waals surface area contributed by atoms with Gasteiger partial charge in [0.15, 0.2) is 0 Å². The van der Waals surface area contributed by atoms with Crippen LogP contribution < -0.4 is 0 Å². The van der Waals surface area contributed by atoms with Crippen molar-refractivity contribution in [3.8, 4) is 0 Å². The molecule has 2 aliphatic rings. The highest BCUT2D eigenvalue weighted by atomic mass is 16.5. The molecule has 2 saturated heterocycles. The standard InChI is InChI=1S/C18H26O2/c1-17(2,3)14-6-4-13(5-7-14)10-18(19)11-15-8-9-16(12-18)20-15/h4-7,15-16,19H,8-12H2,1-3H3. The highest BCUT2D eigenvalue weighted by Gasteiger charge is 2.43. The predicted octanol–water partition coefficient (Wildman–Crippen LogP) is 3.60. The molecule has 0 amide bonds. The summed E-state index contributed by atoms with van der Waals surface area (Å²) < 4.78 is 5.83. The molecular formula is C18H26O2. The van der Waals surface area contributed by atoms with Gasteiger partial charge >= 0.3 is 0 Å². The van der Waals surface area contributed by atoms with Gasteiger partial charge in [-0.3, -0.25) is 0 Å². The Morgan fingerprint density at radius 1 is 1.10 bits per heavy atom. The van der Waals surface area contributed by atoms with Crippen molar-refractivity contribution in [3.05, 3.63) is 35.4 Å². The van der Waals surface area contributed by atoms with Crippen molar-refractivity contribution in [2.45, 2.75) is 76.1 Å². The maximum absolute atomic E-state index is 10.9. The summed E-state index contributed by atoms with van der Waals surface area (Å²) in [6.45, 7) is 6.68. The predicted molar refractivity (Wildman–Crippen MR) is 80.9 cm³/mol. The molecule has 2 heteroatoms. The molecule has 0 aliphatic carbocycles. The molecule has 0 radical (unpaired) electrons. The minimum absolute atomic E-state index is 0.188. The molecule has 2 atom stereocenters. The van der Waals surface area contributed by atoms with Gasteiger partial charge in [0.2, 0.25) is 0 Å². The Morgan fingerprint density at radius 2 is 1.65 bits per heavy atom. The topological polar surface area (TPSA) is 29.5 Å². The first kappa shape index (κ1) is 14.1. The SMILES string of the molecule is CC(C)(C)c1ccc(CC2(O)CC3CCC(C2)O3)cc1. The van der Waals surface area contributed by atoms with Crippen molar-refractivity contribution in [2.24, 2.45) is 0 Å². The van der Waals surface area contributed by atoms with Crippen molar-refractivity contribution in [1.29, 1.82) is 0 Å². The largest absolute Gasteiger partial charge is 0.389 e. The zero-order valence-electron chi connectivity index (χ0n) is 12.9. The van der Waals surface area contributed by atoms with Gasteiger partial charge in [-0.05, 0) is 29.4 Å². The lowest BCUT2D eigenvalue weighted by molar-refractivity contribution is -0.110. The number of hydrogen-bond acceptors (Lipinski definition) is 2. The smallest absolute Gasteiger partial charge is 0.0737 e. The highest BCUT2D eigenvalue weighted by molar-refractivity contribution is 5.28. The Hall–Kier alpha value is -0.860. The van der Waals surface area contributed by atoms with Crippen LogP contribution in [0, 0.1) is 0 Å². The third-order valence-electron chi connectivity index (χ3n) is 4.76. The molecule has 1 aromatic rings. The first-order valence-electron chi connectivity index (χ1n) is 7.81. The van der Waals surface area contributed by atoms with E-state index in [1.807, 2.05) is 0 Å². The molecule has 1 aromatic carbocycles. The second-order valence-corrected chi connectivity index (χ2v) is 7.71. The lowest BCUT2D eigenvalue weighted by Crippen LogP contribution is -2.42. The fourth-order valence-corrected chi connectivity index (χ4v) is 3.66. The molecule has 2 bridgehead atoms. The highest BCUT2D eigenvalue weighted by Crippen LogP contribution is 2.40. The molecule has 2 nitrogen and oxygen atoms in total. The maximum Gasteiger partial charge on any atom is 0.0737 e. The van der Waals surface area contributed by atoms with E-state index in [4.69, 9.17) is 4.74 Å². The lowest BCUT2D eigenvalue weighted by Gasteiger charge is -2.36. The number of fused-ring (bicyclic) bond motifs is 2. The summed E-state index contributed by atoms with van der Waals surface area (Å²) in [7, 11) is 0. The lowest BCUT2D eigenvalue weighted by atomic mass is 9.82. The number of rotatable bonds is 2. The Morgan fingerprint density at radius 3 is 2.15 bits per heavy atom. The first-order valence-corrected chi connectivity index (χ1v) is 7.81. The quantitative estimate of drug-likeness (QED) is 0.893. The van der Waals surface area contributed by atoms with Gasteiger partial charge in [0.25, 0.3) is 0 Å². The third kappa shape index (κ3) is 2.91. The molecule has 1 N–H and O–H groups in total. The average Bonchev–Trinajstić information content (AvgIpc) is 2.68. The third-order valence-corrected chi connectivity index (χ3v) is 4.76. The monoisotopic (exact) mass is 274 g/mol. The van der Waals surface area contributed by atoms with Crippen LogP contribution in [0.3, 0.4) is 0 Å². The van der Waals surface area contributed by atoms with Crippen LogP contribution in [0.4, 0.5) is 0 Å². The fourth-order valence-electron chi connectivity index (χ4n) is 3.66. The molecule has 20 heavy (non-hydrogen) atoms. The van der Waals surface area contributed by atoms with E-state index in [0.29, 0.717) is 0 Å². The van der Waals surface area contributed by atoms with E-state index in [2.05, 4.69) is 45.0 Å². The Balaban J connectivity index is 1.71. The summed E-state index contributed by atoms with van der Waals surface area (Å²) in [5, 5.41) is 10.9. The van der Waals surface area contributed by atoms with Crippen LogP contribution in [0.25, 0.3) is 0 Å². The van der Waals surface area contributed by atoms with E-state index in [0.717, 1.165) is 32.1 Å². The molecule has 2 aliphatic heterocycles. The van der Waals surface area contributed by atoms with Crippen LogP contribution >= 0.6 is 0 Å². The summed E-state index contributed by atoms with van der Waals surface area (Å²) in [5.41, 5.74) is 2.21. The van der Waals surface area contributed by atoms with Crippen LogP contribution in [-0.2, 0) is 16.6 Å². The van der Waals surface area contributed by atoms with Crippen molar-refractivity contribution in [3.63, 3.8) is 0 Å². The van der Waals surface area contributed by atoms with Crippen LogP contribution in [0.5, 0.6) is 0 Å². The first-order chi connectivity index (χ1) is 9.34. The summed E-state index contributed by atoms with van der Waals surface area (Å²) in [6, 6.07) is 8.76. The summed E-state index contributed by atoms with van der Waals surface area (Å²) in [5.74, 6) is 0. The van der Waals surface area contributed by atoms with Crippen LogP contribution in [0.2, 0.25) is 0 Å².